The van der Waals surface area contributed by atoms with Gasteiger partial charge in [-0.3, -0.25) is 0 Å². The largest absolute Gasteiger partial charge is 0.240 e. The molecule has 0 saturated heterocycles. The molecule has 0 saturated carbocycles. The van der Waals surface area contributed by atoms with Gasteiger partial charge in [-0.25, -0.2) is 4.98 Å². The highest BCUT2D eigenvalue weighted by Crippen LogP contribution is 2.32. The topological polar surface area (TPSA) is 36.7 Å². The van der Waals surface area contributed by atoms with E-state index in [4.69, 9.17) is 16.9 Å². The first-order valence-electron chi connectivity index (χ1n) is 4.72. The van der Waals surface area contributed by atoms with Gasteiger partial charge in [0.25, 0.3) is 0 Å². The molecule has 0 atom stereocenters. The molecule has 2 aromatic rings. The number of fused-ring (bicyclic) bond motifs is 1. The van der Waals surface area contributed by atoms with Crippen molar-refractivity contribution in [2.24, 2.45) is 0 Å². The van der Waals surface area contributed by atoms with Crippen LogP contribution in [0.25, 0.3) is 10.9 Å². The van der Waals surface area contributed by atoms with Crippen LogP contribution in [-0.2, 0) is 0 Å². The lowest BCUT2D eigenvalue weighted by molar-refractivity contribution is 1.16. The number of benzene rings is 1. The number of hydrogen-bond acceptors (Lipinski definition) is 3. The molecule has 2 rings (SSSR count). The molecule has 0 unspecified atom stereocenters. The van der Waals surface area contributed by atoms with Crippen LogP contribution in [0.1, 0.15) is 11.1 Å². The van der Waals surface area contributed by atoms with Gasteiger partial charge in [-0.1, -0.05) is 29.8 Å². The Labute approximate surface area is 103 Å². The highest BCUT2D eigenvalue weighted by atomic mass is 35.5. The van der Waals surface area contributed by atoms with E-state index >= 15 is 0 Å². The molecule has 0 aliphatic rings. The lowest BCUT2D eigenvalue weighted by Gasteiger charge is -2.08. The predicted molar refractivity (Wildman–Crippen MR) is 68.0 cm³/mol. The molecule has 2 nitrogen and oxygen atoms in total. The molecule has 1 aromatic carbocycles. The monoisotopic (exact) mass is 248 g/mol. The summed E-state index contributed by atoms with van der Waals surface area (Å²) in [7, 11) is 0. The maximum Gasteiger partial charge on any atom is 0.116 e. The van der Waals surface area contributed by atoms with Gasteiger partial charge in [0.15, 0.2) is 0 Å². The van der Waals surface area contributed by atoms with E-state index in [0.717, 1.165) is 16.5 Å². The second kappa shape index (κ2) is 4.32. The molecule has 1 aromatic heterocycles. The minimum absolute atomic E-state index is 0.465. The van der Waals surface area contributed by atoms with Gasteiger partial charge in [0.1, 0.15) is 16.7 Å². The summed E-state index contributed by atoms with van der Waals surface area (Å²) in [6.45, 7) is 1.99. The zero-order valence-electron chi connectivity index (χ0n) is 8.91. The van der Waals surface area contributed by atoms with Crippen molar-refractivity contribution in [3.8, 4) is 6.07 Å². The zero-order chi connectivity index (χ0) is 11.7. The molecule has 0 N–H and O–H groups in total. The molecule has 0 amide bonds. The van der Waals surface area contributed by atoms with Crippen molar-refractivity contribution in [3.05, 3.63) is 34.3 Å². The van der Waals surface area contributed by atoms with Crippen molar-refractivity contribution in [1.29, 1.82) is 5.26 Å². The van der Waals surface area contributed by atoms with Gasteiger partial charge < -0.3 is 0 Å². The highest BCUT2D eigenvalue weighted by Gasteiger charge is 2.13. The third-order valence-electron chi connectivity index (χ3n) is 2.43. The van der Waals surface area contributed by atoms with E-state index in [2.05, 4.69) is 11.1 Å². The molecular weight excluding hydrogens is 240 g/mol. The van der Waals surface area contributed by atoms with E-state index in [-0.39, 0.29) is 0 Å². The summed E-state index contributed by atoms with van der Waals surface area (Å²) in [5, 5.41) is 11.1. The third kappa shape index (κ3) is 1.64. The normalized spacial score (nSPS) is 10.4. The Morgan fingerprint density at radius 2 is 2.19 bits per heavy atom. The average molecular weight is 249 g/mol. The van der Waals surface area contributed by atoms with Crippen LogP contribution in [0.15, 0.2) is 23.2 Å². The fraction of sp³-hybridized carbons (Fsp3) is 0.167. The van der Waals surface area contributed by atoms with E-state index in [1.165, 1.54) is 11.8 Å². The molecular formula is C12H9ClN2S. The SMILES string of the molecule is CSc1nc2c(C)cccc2c(Cl)c1C#N. The van der Waals surface area contributed by atoms with Crippen molar-refractivity contribution in [2.75, 3.05) is 6.26 Å². The Morgan fingerprint density at radius 3 is 2.81 bits per heavy atom. The molecule has 0 aliphatic heterocycles. The summed E-state index contributed by atoms with van der Waals surface area (Å²) < 4.78 is 0. The van der Waals surface area contributed by atoms with Crippen LogP contribution < -0.4 is 0 Å². The van der Waals surface area contributed by atoms with E-state index in [0.29, 0.717) is 15.6 Å². The predicted octanol–water partition coefficient (Wildman–Crippen LogP) is 3.79. The fourth-order valence-corrected chi connectivity index (χ4v) is 2.49. The minimum Gasteiger partial charge on any atom is -0.240 e. The first-order chi connectivity index (χ1) is 7.69. The molecule has 0 fully saturated rings. The molecule has 0 radical (unpaired) electrons. The smallest absolute Gasteiger partial charge is 0.116 e. The number of para-hydroxylation sites is 1. The summed E-state index contributed by atoms with van der Waals surface area (Å²) in [5.41, 5.74) is 2.40. The molecule has 16 heavy (non-hydrogen) atoms. The van der Waals surface area contributed by atoms with Gasteiger partial charge in [0, 0.05) is 5.39 Å². The lowest BCUT2D eigenvalue weighted by atomic mass is 10.1. The summed E-state index contributed by atoms with van der Waals surface area (Å²) in [5.74, 6) is 0. The number of hydrogen-bond donors (Lipinski definition) is 0. The van der Waals surface area contributed by atoms with E-state index in [9.17, 15) is 0 Å². The highest BCUT2D eigenvalue weighted by molar-refractivity contribution is 7.98. The van der Waals surface area contributed by atoms with Crippen molar-refractivity contribution < 1.29 is 0 Å². The second-order valence-corrected chi connectivity index (χ2v) is 4.57. The van der Waals surface area contributed by atoms with E-state index in [1.54, 1.807) is 0 Å². The fourth-order valence-electron chi connectivity index (χ4n) is 1.62. The van der Waals surface area contributed by atoms with Gasteiger partial charge in [-0.15, -0.1) is 11.8 Å². The van der Waals surface area contributed by atoms with Crippen LogP contribution >= 0.6 is 23.4 Å². The minimum atomic E-state index is 0.465. The lowest BCUT2D eigenvalue weighted by Crippen LogP contribution is -1.92. The van der Waals surface area contributed by atoms with Crippen LogP contribution in [-0.4, -0.2) is 11.2 Å². The number of aromatic nitrogens is 1. The van der Waals surface area contributed by atoms with Crippen molar-refractivity contribution in [1.82, 2.24) is 4.98 Å². The van der Waals surface area contributed by atoms with Crippen LogP contribution in [0.5, 0.6) is 0 Å². The number of pyridine rings is 1. The van der Waals surface area contributed by atoms with Crippen molar-refractivity contribution in [3.63, 3.8) is 0 Å². The first-order valence-corrected chi connectivity index (χ1v) is 6.32. The Kier molecular flexibility index (Phi) is 3.04. The maximum absolute atomic E-state index is 9.07. The molecule has 0 aliphatic carbocycles. The first kappa shape index (κ1) is 11.3. The summed E-state index contributed by atoms with van der Waals surface area (Å²) in [4.78, 5) is 4.48. The molecule has 0 spiro atoms. The van der Waals surface area contributed by atoms with Crippen LogP contribution in [0.3, 0.4) is 0 Å². The van der Waals surface area contributed by atoms with Crippen molar-refractivity contribution >= 4 is 34.3 Å². The second-order valence-electron chi connectivity index (χ2n) is 3.39. The number of rotatable bonds is 1. The van der Waals surface area contributed by atoms with Crippen LogP contribution in [0.4, 0.5) is 0 Å². The van der Waals surface area contributed by atoms with Gasteiger partial charge in [0.05, 0.1) is 10.5 Å². The third-order valence-corrected chi connectivity index (χ3v) is 3.50. The molecule has 4 heteroatoms. The van der Waals surface area contributed by atoms with Gasteiger partial charge >= 0.3 is 0 Å². The standard InChI is InChI=1S/C12H9ClN2S/c1-7-4-3-5-8-10(13)9(6-14)12(16-2)15-11(7)8/h3-5H,1-2H3. The van der Waals surface area contributed by atoms with Gasteiger partial charge in [0.2, 0.25) is 0 Å². The summed E-state index contributed by atoms with van der Waals surface area (Å²) >= 11 is 7.66. The molecule has 0 bridgehead atoms. The van der Waals surface area contributed by atoms with E-state index in [1.807, 2.05) is 31.4 Å². The van der Waals surface area contributed by atoms with Crippen molar-refractivity contribution in [2.45, 2.75) is 11.9 Å². The molecule has 80 valence electrons. The summed E-state index contributed by atoms with van der Waals surface area (Å²) in [6, 6.07) is 7.91. The Bertz CT molecular complexity index is 602. The quantitative estimate of drug-likeness (QED) is 0.721. The number of thioether (sulfide) groups is 1. The Hall–Kier alpha value is -1.24. The zero-order valence-corrected chi connectivity index (χ0v) is 10.5. The Morgan fingerprint density at radius 1 is 1.44 bits per heavy atom. The van der Waals surface area contributed by atoms with Crippen LogP contribution in [0.2, 0.25) is 5.02 Å². The average Bonchev–Trinajstić information content (AvgIpc) is 2.30. The number of halogens is 1. The Balaban J connectivity index is 2.95. The van der Waals surface area contributed by atoms with Crippen LogP contribution in [0, 0.1) is 18.3 Å². The number of aryl methyl sites for hydroxylation is 1. The number of nitrogens with zero attached hydrogens (tertiary/aromatic N) is 2. The molecule has 1 heterocycles. The maximum atomic E-state index is 9.07. The van der Waals surface area contributed by atoms with Gasteiger partial charge in [-0.2, -0.15) is 5.26 Å². The van der Waals surface area contributed by atoms with E-state index < -0.39 is 0 Å². The summed E-state index contributed by atoms with van der Waals surface area (Å²) in [6.07, 6.45) is 1.89. The number of nitriles is 1. The van der Waals surface area contributed by atoms with Gasteiger partial charge in [-0.05, 0) is 18.7 Å².